The first kappa shape index (κ1) is 65.0. The molecule has 3 aromatic heterocycles. The zero-order chi connectivity index (χ0) is 72.8. The van der Waals surface area contributed by atoms with Gasteiger partial charge in [0.2, 0.25) is 0 Å². The van der Waals surface area contributed by atoms with Gasteiger partial charge in [0, 0.05) is 106 Å². The average molecular weight is 1440 g/mol. The lowest BCUT2D eigenvalue weighted by Crippen LogP contribution is -2.61. The molecule has 0 atom stereocenters. The summed E-state index contributed by atoms with van der Waals surface area (Å²) in [6.07, 6.45) is 0. The van der Waals surface area contributed by atoms with Crippen LogP contribution in [0.1, 0.15) is 79.0 Å². The molecule has 0 saturated heterocycles. The maximum Gasteiger partial charge on any atom is 0.252 e. The number of hydrogen-bond acceptors (Lipinski definition) is 5. The van der Waals surface area contributed by atoms with Gasteiger partial charge in [0.1, 0.15) is 0 Å². The number of hydrogen-bond donors (Lipinski definition) is 0. The molecule has 516 valence electrons. The van der Waals surface area contributed by atoms with E-state index in [-0.39, 0.29) is 23.0 Å². The Balaban J connectivity index is 0.960. The van der Waals surface area contributed by atoms with Crippen LogP contribution in [0.25, 0.3) is 150 Å². The van der Waals surface area contributed by atoms with Crippen LogP contribution in [0, 0.1) is 0 Å². The van der Waals surface area contributed by atoms with E-state index in [0.717, 1.165) is 33.9 Å². The Morgan fingerprint density at radius 2 is 0.509 bits per heavy atom. The van der Waals surface area contributed by atoms with E-state index in [1.165, 1.54) is 183 Å². The molecular weight excluding hydrogens is 1360 g/mol. The molecule has 18 aromatic rings. The molecule has 0 N–H and O–H groups in total. The number of fused-ring (bicyclic) bond motifs is 26. The van der Waals surface area contributed by atoms with Crippen LogP contribution in [0.4, 0.5) is 34.1 Å². The standard InChI is InChI=1S/C102H77BN2S3/c1-100(2,3)72-54-77(60-22-12-10-13-23-60)98-79(56-72)70-28-20-26-62(46-70)64-36-44-95-83(50-64)84-51-65(37-45-96(84)108-95)63-27-21-29-71(47-63)80-57-73(101(4,5)6)55-78(61-24-14-11-15-25-61)99(80)105-88-41-35-69(67-39-43-94-82(49-67)76-31-17-19-33-92(76)107-94)53-86(88)103-85-52-68(66-38-42-93-81(48-66)75-30-16-18-32-91(75)106-93)34-40-87(85)104(98)89-58-74(102(7,8)9)59-90(105)97(89)103/h10-59H,1-9H3. The van der Waals surface area contributed by atoms with E-state index < -0.39 is 0 Å². The van der Waals surface area contributed by atoms with Crippen molar-refractivity contribution in [3.05, 3.63) is 320 Å². The molecule has 0 aliphatic carbocycles. The highest BCUT2D eigenvalue weighted by Gasteiger charge is 2.47. The molecule has 3 aliphatic rings. The Morgan fingerprint density at radius 3 is 0.889 bits per heavy atom. The van der Waals surface area contributed by atoms with Gasteiger partial charge in [-0.15, -0.1) is 34.0 Å². The number of benzene rings is 15. The van der Waals surface area contributed by atoms with Crippen molar-refractivity contribution in [2.45, 2.75) is 78.6 Å². The first-order valence-electron chi connectivity index (χ1n) is 37.9. The third kappa shape index (κ3) is 10.4. The molecule has 13 bridgehead atoms. The topological polar surface area (TPSA) is 6.48 Å². The summed E-state index contributed by atoms with van der Waals surface area (Å²) in [6.45, 7) is 21.3. The second-order valence-electron chi connectivity index (χ2n) is 33.2. The van der Waals surface area contributed by atoms with Gasteiger partial charge in [-0.05, 0) is 237 Å². The number of thiophene rings is 3. The van der Waals surface area contributed by atoms with Gasteiger partial charge in [0.15, 0.2) is 0 Å². The maximum atomic E-state index is 2.76. The van der Waals surface area contributed by atoms with Crippen molar-refractivity contribution in [1.29, 1.82) is 0 Å². The Bertz CT molecular complexity index is 6430. The first-order valence-corrected chi connectivity index (χ1v) is 40.4. The highest BCUT2D eigenvalue weighted by Crippen LogP contribution is 2.57. The summed E-state index contributed by atoms with van der Waals surface area (Å²) >= 11 is 5.64. The second-order valence-corrected chi connectivity index (χ2v) is 36.5. The van der Waals surface area contributed by atoms with Crippen LogP contribution in [-0.2, 0) is 16.2 Å². The van der Waals surface area contributed by atoms with E-state index >= 15 is 0 Å². The summed E-state index contributed by atoms with van der Waals surface area (Å²) in [7, 11) is 0. The second kappa shape index (κ2) is 24.1. The van der Waals surface area contributed by atoms with E-state index in [4.69, 9.17) is 0 Å². The molecular formula is C102H77BN2S3. The minimum absolute atomic E-state index is 0.222. The van der Waals surface area contributed by atoms with Crippen molar-refractivity contribution in [3.63, 3.8) is 0 Å². The molecule has 15 aromatic carbocycles. The van der Waals surface area contributed by atoms with Gasteiger partial charge < -0.3 is 9.80 Å². The molecule has 21 rings (SSSR count). The largest absolute Gasteiger partial charge is 0.310 e. The normalized spacial score (nSPS) is 13.2. The monoisotopic (exact) mass is 1440 g/mol. The quantitative estimate of drug-likeness (QED) is 0.162. The van der Waals surface area contributed by atoms with Crippen LogP contribution in [0.3, 0.4) is 0 Å². The van der Waals surface area contributed by atoms with Crippen molar-refractivity contribution in [2.75, 3.05) is 9.80 Å². The summed E-state index contributed by atoms with van der Waals surface area (Å²) in [5, 5.41) is 7.72. The van der Waals surface area contributed by atoms with Gasteiger partial charge in [-0.1, -0.05) is 244 Å². The van der Waals surface area contributed by atoms with Crippen LogP contribution in [0.5, 0.6) is 0 Å². The van der Waals surface area contributed by atoms with Crippen molar-refractivity contribution in [2.24, 2.45) is 0 Å². The Kier molecular flexibility index (Phi) is 14.5. The predicted molar refractivity (Wildman–Crippen MR) is 472 cm³/mol. The summed E-state index contributed by atoms with van der Waals surface area (Å²) in [6, 6.07) is 119. The zero-order valence-electron chi connectivity index (χ0n) is 62.1. The van der Waals surface area contributed by atoms with Crippen LogP contribution < -0.4 is 26.2 Å². The number of anilines is 6. The third-order valence-electron chi connectivity index (χ3n) is 23.4. The minimum atomic E-state index is -0.317. The smallest absolute Gasteiger partial charge is 0.252 e. The van der Waals surface area contributed by atoms with Gasteiger partial charge in [-0.2, -0.15) is 0 Å². The van der Waals surface area contributed by atoms with E-state index in [9.17, 15) is 0 Å². The van der Waals surface area contributed by atoms with Gasteiger partial charge in [0.05, 0.1) is 11.4 Å². The molecule has 0 fully saturated rings. The van der Waals surface area contributed by atoms with E-state index in [2.05, 4.69) is 375 Å². The minimum Gasteiger partial charge on any atom is -0.310 e. The lowest BCUT2D eigenvalue weighted by Gasteiger charge is -2.47. The molecule has 108 heavy (non-hydrogen) atoms. The fourth-order valence-corrected chi connectivity index (χ4v) is 20.9. The molecule has 0 unspecified atom stereocenters. The van der Waals surface area contributed by atoms with Crippen LogP contribution >= 0.6 is 34.0 Å². The predicted octanol–water partition coefficient (Wildman–Crippen LogP) is 28.4. The van der Waals surface area contributed by atoms with Crippen LogP contribution in [0.2, 0.25) is 0 Å². The molecule has 3 aliphatic heterocycles. The summed E-state index contributed by atoms with van der Waals surface area (Å²) in [4.78, 5) is 5.51. The SMILES string of the molecule is CC(C)(C)c1cc(-c2ccccc2)c2c(c1)-c1cccc(c1)-c1ccc3sc4ccc(cc4c3c1)-c1cccc(c1)-c1cc(C(C)(C)C)cc(-c3ccccc3)c1N1c3ccc(-c4ccc5sc6ccccc6c5c4)cc3B3c4cc(-c5ccc6sc7ccccc7c6c5)ccc4N2c2cc(C(C)(C)C)cc1c23. The molecule has 0 radical (unpaired) electrons. The number of rotatable bonds is 4. The Labute approximate surface area is 644 Å². The molecule has 0 spiro atoms. The lowest BCUT2D eigenvalue weighted by molar-refractivity contribution is 0.590. The van der Waals surface area contributed by atoms with Crippen molar-refractivity contribution >= 4 is 152 Å². The van der Waals surface area contributed by atoms with Crippen molar-refractivity contribution in [3.8, 4) is 89.0 Å². The molecule has 6 heteroatoms. The highest BCUT2D eigenvalue weighted by molar-refractivity contribution is 7.26. The Morgan fingerprint density at radius 1 is 0.222 bits per heavy atom. The van der Waals surface area contributed by atoms with Crippen molar-refractivity contribution in [1.82, 2.24) is 0 Å². The fraction of sp³-hybridized carbons (Fsp3) is 0.118. The zero-order valence-corrected chi connectivity index (χ0v) is 64.5. The number of nitrogens with zero attached hydrogens (tertiary/aromatic N) is 2. The summed E-state index contributed by atoms with van der Waals surface area (Å²) in [5.74, 6) is 0. The van der Waals surface area contributed by atoms with E-state index in [0.29, 0.717) is 0 Å². The third-order valence-corrected chi connectivity index (χ3v) is 26.9. The van der Waals surface area contributed by atoms with Gasteiger partial charge >= 0.3 is 0 Å². The van der Waals surface area contributed by atoms with Crippen LogP contribution in [-0.4, -0.2) is 6.71 Å². The van der Waals surface area contributed by atoms with Gasteiger partial charge in [0.25, 0.3) is 6.71 Å². The maximum absolute atomic E-state index is 2.76. The summed E-state index contributed by atoms with van der Waals surface area (Å²) < 4.78 is 7.78. The Hall–Kier alpha value is -11.4. The van der Waals surface area contributed by atoms with E-state index in [1.54, 1.807) is 0 Å². The fourth-order valence-electron chi connectivity index (χ4n) is 17.7. The highest BCUT2D eigenvalue weighted by atomic mass is 32.1. The average Bonchev–Trinajstić information content (AvgIpc) is 0.910. The molecule has 2 nitrogen and oxygen atoms in total. The van der Waals surface area contributed by atoms with Gasteiger partial charge in [-0.3, -0.25) is 0 Å². The van der Waals surface area contributed by atoms with E-state index in [1.807, 2.05) is 34.0 Å². The molecule has 6 heterocycles. The van der Waals surface area contributed by atoms with Gasteiger partial charge in [-0.25, -0.2) is 0 Å². The summed E-state index contributed by atoms with van der Waals surface area (Å²) in [5.41, 5.74) is 32.7. The first-order chi connectivity index (χ1) is 52.4. The molecule has 0 amide bonds. The molecule has 0 saturated carbocycles. The van der Waals surface area contributed by atoms with Crippen LogP contribution in [0.15, 0.2) is 303 Å². The lowest BCUT2D eigenvalue weighted by atomic mass is 9.33. The van der Waals surface area contributed by atoms with Crippen molar-refractivity contribution < 1.29 is 0 Å².